The van der Waals surface area contributed by atoms with Gasteiger partial charge in [0.15, 0.2) is 0 Å². The number of hydrogen-bond acceptors (Lipinski definition) is 4. The third-order valence-corrected chi connectivity index (χ3v) is 2.54. The average Bonchev–Trinajstić information content (AvgIpc) is 1.87. The molecular formula is C5H14N2O3S. The third-order valence-electron chi connectivity index (χ3n) is 1.35. The zero-order valence-electron chi connectivity index (χ0n) is 6.45. The molecule has 0 aromatic heterocycles. The maximum atomic E-state index is 10.5. The van der Waals surface area contributed by atoms with Crippen LogP contribution in [0, 0.1) is 0 Å². The van der Waals surface area contributed by atoms with Crippen molar-refractivity contribution in [3.63, 3.8) is 0 Å². The van der Waals surface area contributed by atoms with E-state index in [1.54, 1.807) is 0 Å². The Hall–Kier alpha value is -0.170. The molecule has 6 heteroatoms. The maximum absolute atomic E-state index is 10.5. The van der Waals surface area contributed by atoms with E-state index >= 15 is 0 Å². The van der Waals surface area contributed by atoms with Crippen molar-refractivity contribution in [2.45, 2.75) is 18.2 Å². The lowest BCUT2D eigenvalue weighted by Crippen LogP contribution is -2.33. The zero-order valence-corrected chi connectivity index (χ0v) is 7.26. The minimum absolute atomic E-state index is 0.339. The molecule has 11 heavy (non-hydrogen) atoms. The fourth-order valence-corrected chi connectivity index (χ4v) is 1.51. The second-order valence-electron chi connectivity index (χ2n) is 2.22. The van der Waals surface area contributed by atoms with Crippen molar-refractivity contribution in [2.75, 3.05) is 13.6 Å². The number of rotatable bonds is 5. The van der Waals surface area contributed by atoms with Crippen molar-refractivity contribution in [2.24, 2.45) is 5.73 Å². The van der Waals surface area contributed by atoms with E-state index in [2.05, 4.69) is 5.32 Å². The van der Waals surface area contributed by atoms with E-state index in [4.69, 9.17) is 10.3 Å². The van der Waals surface area contributed by atoms with E-state index in [1.165, 1.54) is 7.05 Å². The van der Waals surface area contributed by atoms with Crippen LogP contribution in [-0.4, -0.2) is 31.9 Å². The molecule has 4 N–H and O–H groups in total. The lowest BCUT2D eigenvalue weighted by Gasteiger charge is -2.10. The van der Waals surface area contributed by atoms with Crippen molar-refractivity contribution in [1.82, 2.24) is 5.32 Å². The molecule has 1 unspecified atom stereocenters. The molecule has 68 valence electrons. The lowest BCUT2D eigenvalue weighted by atomic mass is 10.3. The molecule has 1 atom stereocenters. The second kappa shape index (κ2) is 4.66. The largest absolute Gasteiger partial charge is 0.330 e. The van der Waals surface area contributed by atoms with Crippen molar-refractivity contribution in [3.05, 3.63) is 0 Å². The molecule has 0 bridgehead atoms. The summed E-state index contributed by atoms with van der Waals surface area (Å²) in [6.45, 7) is 0.424. The van der Waals surface area contributed by atoms with E-state index in [0.29, 0.717) is 19.4 Å². The van der Waals surface area contributed by atoms with Crippen molar-refractivity contribution in [3.8, 4) is 0 Å². The van der Waals surface area contributed by atoms with Gasteiger partial charge in [-0.05, 0) is 26.4 Å². The topological polar surface area (TPSA) is 92.4 Å². The molecule has 0 aromatic carbocycles. The molecule has 0 saturated heterocycles. The van der Waals surface area contributed by atoms with Crippen LogP contribution < -0.4 is 11.1 Å². The normalized spacial score (nSPS) is 14.8. The van der Waals surface area contributed by atoms with Crippen LogP contribution in [0.15, 0.2) is 0 Å². The minimum atomic E-state index is -3.95. The molecule has 5 nitrogen and oxygen atoms in total. The Morgan fingerprint density at radius 1 is 1.64 bits per heavy atom. The Morgan fingerprint density at radius 2 is 2.18 bits per heavy atom. The van der Waals surface area contributed by atoms with Crippen LogP contribution >= 0.6 is 0 Å². The van der Waals surface area contributed by atoms with Crippen LogP contribution in [0.4, 0.5) is 0 Å². The molecule has 0 aliphatic heterocycles. The van der Waals surface area contributed by atoms with E-state index < -0.39 is 15.5 Å². The van der Waals surface area contributed by atoms with Gasteiger partial charge in [-0.1, -0.05) is 0 Å². The first-order valence-corrected chi connectivity index (χ1v) is 4.86. The Kier molecular flexibility index (Phi) is 4.58. The van der Waals surface area contributed by atoms with Gasteiger partial charge in [0.05, 0.1) is 0 Å². The highest BCUT2D eigenvalue weighted by atomic mass is 32.2. The van der Waals surface area contributed by atoms with Crippen LogP contribution in [0.2, 0.25) is 0 Å². The smallest absolute Gasteiger partial charge is 0.281 e. The van der Waals surface area contributed by atoms with E-state index in [0.717, 1.165) is 0 Å². The summed E-state index contributed by atoms with van der Waals surface area (Å²) in [5.74, 6) is 0. The molecule has 0 saturated carbocycles. The Bertz CT molecular complexity index is 190. The van der Waals surface area contributed by atoms with Crippen LogP contribution in [0.1, 0.15) is 12.8 Å². The highest BCUT2D eigenvalue weighted by Gasteiger charge is 2.19. The summed E-state index contributed by atoms with van der Waals surface area (Å²) >= 11 is 0. The lowest BCUT2D eigenvalue weighted by molar-refractivity contribution is 0.447. The van der Waals surface area contributed by atoms with Crippen LogP contribution in [-0.2, 0) is 10.1 Å². The van der Waals surface area contributed by atoms with Crippen LogP contribution in [0.25, 0.3) is 0 Å². The SMILES string of the molecule is CNC(CCCN)S(=O)(=O)O. The standard InChI is InChI=1S/C5H14N2O3S/c1-7-5(3-2-4-6)11(8,9)10/h5,7H,2-4,6H2,1H3,(H,8,9,10). The van der Waals surface area contributed by atoms with Gasteiger partial charge in [-0.3, -0.25) is 4.55 Å². The fraction of sp³-hybridized carbons (Fsp3) is 1.00. The van der Waals surface area contributed by atoms with Gasteiger partial charge < -0.3 is 11.1 Å². The number of nitrogens with one attached hydrogen (secondary N) is 1. The van der Waals surface area contributed by atoms with Gasteiger partial charge in [0.1, 0.15) is 5.37 Å². The quantitative estimate of drug-likeness (QED) is 0.482. The summed E-state index contributed by atoms with van der Waals surface area (Å²) in [7, 11) is -2.47. The molecule has 0 heterocycles. The first-order valence-electron chi connectivity index (χ1n) is 3.36. The Morgan fingerprint density at radius 3 is 2.45 bits per heavy atom. The fourth-order valence-electron chi connectivity index (χ4n) is 0.745. The number of hydrogen-bond donors (Lipinski definition) is 3. The van der Waals surface area contributed by atoms with Gasteiger partial charge >= 0.3 is 0 Å². The third kappa shape index (κ3) is 4.31. The van der Waals surface area contributed by atoms with Crippen LogP contribution in [0.3, 0.4) is 0 Å². The summed E-state index contributed by atoms with van der Waals surface area (Å²) < 4.78 is 29.6. The van der Waals surface area contributed by atoms with Crippen molar-refractivity contribution >= 4 is 10.1 Å². The Labute approximate surface area is 66.7 Å². The molecule has 0 rings (SSSR count). The van der Waals surface area contributed by atoms with Gasteiger partial charge in [0.2, 0.25) is 0 Å². The molecule has 0 spiro atoms. The van der Waals surface area contributed by atoms with E-state index in [-0.39, 0.29) is 0 Å². The van der Waals surface area contributed by atoms with Gasteiger partial charge in [-0.25, -0.2) is 0 Å². The summed E-state index contributed by atoms with van der Waals surface area (Å²) in [5, 5.41) is 1.60. The highest BCUT2D eigenvalue weighted by molar-refractivity contribution is 7.86. The van der Waals surface area contributed by atoms with Gasteiger partial charge in [0.25, 0.3) is 10.1 Å². The number of nitrogens with two attached hydrogens (primary N) is 1. The highest BCUT2D eigenvalue weighted by Crippen LogP contribution is 2.01. The second-order valence-corrected chi connectivity index (χ2v) is 3.82. The minimum Gasteiger partial charge on any atom is -0.330 e. The van der Waals surface area contributed by atoms with E-state index in [9.17, 15) is 8.42 Å². The van der Waals surface area contributed by atoms with Gasteiger partial charge in [0, 0.05) is 0 Å². The predicted molar refractivity (Wildman–Crippen MR) is 42.7 cm³/mol. The summed E-state index contributed by atoms with van der Waals surface area (Å²) in [4.78, 5) is 0. The summed E-state index contributed by atoms with van der Waals surface area (Å²) in [6, 6.07) is 0. The monoisotopic (exact) mass is 182 g/mol. The molecule has 0 fully saturated rings. The summed E-state index contributed by atoms with van der Waals surface area (Å²) in [6.07, 6.45) is 0.914. The van der Waals surface area contributed by atoms with Crippen molar-refractivity contribution < 1.29 is 13.0 Å². The maximum Gasteiger partial charge on any atom is 0.281 e. The van der Waals surface area contributed by atoms with Gasteiger partial charge in [-0.2, -0.15) is 8.42 Å². The Balaban J connectivity index is 3.97. The molecule has 0 radical (unpaired) electrons. The molecule has 0 amide bonds. The first kappa shape index (κ1) is 10.8. The van der Waals surface area contributed by atoms with Crippen LogP contribution in [0.5, 0.6) is 0 Å². The molecule has 0 aliphatic rings. The van der Waals surface area contributed by atoms with Crippen molar-refractivity contribution in [1.29, 1.82) is 0 Å². The molecule has 0 aliphatic carbocycles. The summed E-state index contributed by atoms with van der Waals surface area (Å²) in [5.41, 5.74) is 5.17. The molecule has 0 aromatic rings. The average molecular weight is 182 g/mol. The van der Waals surface area contributed by atoms with Gasteiger partial charge in [-0.15, -0.1) is 0 Å². The predicted octanol–water partition coefficient (Wildman–Crippen LogP) is -0.841. The zero-order chi connectivity index (χ0) is 8.91. The molecular weight excluding hydrogens is 168 g/mol. The first-order chi connectivity index (χ1) is 5.02. The van der Waals surface area contributed by atoms with E-state index in [1.807, 2.05) is 0 Å².